The van der Waals surface area contributed by atoms with Crippen molar-refractivity contribution in [3.8, 4) is 0 Å². The quantitative estimate of drug-likeness (QED) is 0.597. The fraction of sp³-hybridized carbons (Fsp3) is 1.00. The highest BCUT2D eigenvalue weighted by Gasteiger charge is 2.69. The van der Waals surface area contributed by atoms with E-state index in [0.717, 1.165) is 11.8 Å². The van der Waals surface area contributed by atoms with Crippen LogP contribution in [0.15, 0.2) is 0 Å². The lowest BCUT2D eigenvalue weighted by Crippen LogP contribution is -2.66. The van der Waals surface area contributed by atoms with Gasteiger partial charge in [0.1, 0.15) is 0 Å². The highest BCUT2D eigenvalue weighted by Crippen LogP contribution is 2.76. The first-order valence-corrected chi connectivity index (χ1v) is 8.81. The topological polar surface area (TPSA) is 0 Å². The second kappa shape index (κ2) is 2.86. The van der Waals surface area contributed by atoms with Gasteiger partial charge in [-0.25, -0.2) is 0 Å². The second-order valence-corrected chi connectivity index (χ2v) is 9.15. The Kier molecular flexibility index (Phi) is 1.56. The van der Waals surface area contributed by atoms with Crippen LogP contribution in [0.25, 0.3) is 0 Å². The fourth-order valence-electron chi connectivity index (χ4n) is 8.28. The van der Waals surface area contributed by atoms with Gasteiger partial charge in [0, 0.05) is 0 Å². The average molecular weight is 242 g/mol. The Morgan fingerprint density at radius 1 is 0.500 bits per heavy atom. The lowest BCUT2D eigenvalue weighted by Gasteiger charge is -2.72. The van der Waals surface area contributed by atoms with Gasteiger partial charge in [-0.3, -0.25) is 0 Å². The van der Waals surface area contributed by atoms with Crippen LogP contribution in [0.3, 0.4) is 0 Å². The molecule has 0 aromatic carbocycles. The van der Waals surface area contributed by atoms with Crippen LogP contribution in [0.2, 0.25) is 0 Å². The Morgan fingerprint density at radius 2 is 1.06 bits per heavy atom. The van der Waals surface area contributed by atoms with Crippen LogP contribution < -0.4 is 0 Å². The standard InChI is InChI=1S/C18H26/c1-8-2-9-3-14-12(8)4-10-6-15-16-7-11(5-13(9)14)18(16)17(10)15/h8-18H,2-7H2,1H3. The summed E-state index contributed by atoms with van der Waals surface area (Å²) < 4.78 is 0. The molecule has 0 aromatic rings. The summed E-state index contributed by atoms with van der Waals surface area (Å²) in [5, 5.41) is 0. The third-order valence-corrected chi connectivity index (χ3v) is 9.06. The van der Waals surface area contributed by atoms with E-state index in [1.165, 1.54) is 53.3 Å². The summed E-state index contributed by atoms with van der Waals surface area (Å²) >= 11 is 0. The van der Waals surface area contributed by atoms with Crippen LogP contribution >= 0.6 is 0 Å². The molecule has 7 fully saturated rings. The van der Waals surface area contributed by atoms with Gasteiger partial charge >= 0.3 is 0 Å². The van der Waals surface area contributed by atoms with Crippen molar-refractivity contribution in [1.82, 2.24) is 0 Å². The molecule has 4 bridgehead atoms. The summed E-state index contributed by atoms with van der Waals surface area (Å²) in [5.74, 6) is 13.2. The lowest BCUT2D eigenvalue weighted by molar-refractivity contribution is -0.243. The minimum absolute atomic E-state index is 1.08. The third-order valence-electron chi connectivity index (χ3n) is 9.06. The van der Waals surface area contributed by atoms with Gasteiger partial charge in [-0.05, 0) is 104 Å². The summed E-state index contributed by atoms with van der Waals surface area (Å²) in [7, 11) is 0. The summed E-state index contributed by atoms with van der Waals surface area (Å²) in [6.07, 6.45) is 9.90. The first-order valence-electron chi connectivity index (χ1n) is 8.81. The van der Waals surface area contributed by atoms with E-state index in [2.05, 4.69) is 6.92 Å². The highest BCUT2D eigenvalue weighted by atomic mass is 14.7. The molecule has 11 unspecified atom stereocenters. The molecule has 98 valence electrons. The molecule has 7 aliphatic rings. The van der Waals surface area contributed by atoms with Crippen LogP contribution in [0.1, 0.15) is 45.4 Å². The Labute approximate surface area is 111 Å². The van der Waals surface area contributed by atoms with Gasteiger partial charge in [0.05, 0.1) is 0 Å². The van der Waals surface area contributed by atoms with Crippen molar-refractivity contribution < 1.29 is 0 Å². The summed E-state index contributed by atoms with van der Waals surface area (Å²) in [6.45, 7) is 2.59. The van der Waals surface area contributed by atoms with Crippen molar-refractivity contribution >= 4 is 0 Å². The molecule has 0 aromatic heterocycles. The molecule has 0 aliphatic heterocycles. The minimum atomic E-state index is 1.08. The molecule has 7 aliphatic carbocycles. The van der Waals surface area contributed by atoms with Crippen LogP contribution in [-0.4, -0.2) is 0 Å². The van der Waals surface area contributed by atoms with E-state index in [9.17, 15) is 0 Å². The number of hydrogen-bond donors (Lipinski definition) is 0. The molecule has 0 N–H and O–H groups in total. The smallest absolute Gasteiger partial charge is 0.0321 e. The molecule has 0 radical (unpaired) electrons. The van der Waals surface area contributed by atoms with Crippen LogP contribution in [-0.2, 0) is 0 Å². The van der Waals surface area contributed by atoms with Crippen molar-refractivity contribution in [2.75, 3.05) is 0 Å². The zero-order chi connectivity index (χ0) is 11.6. The zero-order valence-corrected chi connectivity index (χ0v) is 11.6. The molecule has 0 heterocycles. The summed E-state index contributed by atoms with van der Waals surface area (Å²) in [4.78, 5) is 0. The molecular formula is C18H26. The van der Waals surface area contributed by atoms with E-state index in [1.807, 2.05) is 0 Å². The van der Waals surface area contributed by atoms with E-state index in [1.54, 1.807) is 38.5 Å². The van der Waals surface area contributed by atoms with E-state index in [0.29, 0.717) is 0 Å². The molecule has 11 atom stereocenters. The SMILES string of the molecule is CC1CC2CC3C1CC1CC4C5CC(CC23)C5C14. The molecule has 0 spiro atoms. The number of hydrogen-bond acceptors (Lipinski definition) is 0. The first kappa shape index (κ1) is 9.83. The lowest BCUT2D eigenvalue weighted by atomic mass is 9.32. The van der Waals surface area contributed by atoms with Crippen molar-refractivity contribution in [2.45, 2.75) is 45.4 Å². The third kappa shape index (κ3) is 0.879. The van der Waals surface area contributed by atoms with Gasteiger partial charge in [0.25, 0.3) is 0 Å². The Balaban J connectivity index is 1.39. The monoisotopic (exact) mass is 242 g/mol. The number of rotatable bonds is 0. The molecule has 7 rings (SSSR count). The summed E-state index contributed by atoms with van der Waals surface area (Å²) in [6, 6.07) is 0. The normalized spacial score (nSPS) is 74.2. The maximum absolute atomic E-state index is 2.59. The van der Waals surface area contributed by atoms with E-state index in [4.69, 9.17) is 0 Å². The molecule has 0 nitrogen and oxygen atoms in total. The largest absolute Gasteiger partial charge is 0.0622 e. The van der Waals surface area contributed by atoms with E-state index < -0.39 is 0 Å². The van der Waals surface area contributed by atoms with Gasteiger partial charge in [-0.15, -0.1) is 0 Å². The van der Waals surface area contributed by atoms with Gasteiger partial charge in [-0.1, -0.05) is 6.92 Å². The van der Waals surface area contributed by atoms with E-state index >= 15 is 0 Å². The van der Waals surface area contributed by atoms with Crippen molar-refractivity contribution in [1.29, 1.82) is 0 Å². The molecule has 18 heavy (non-hydrogen) atoms. The van der Waals surface area contributed by atoms with Crippen LogP contribution in [0.4, 0.5) is 0 Å². The molecular weight excluding hydrogens is 216 g/mol. The first-order chi connectivity index (χ1) is 8.81. The average Bonchev–Trinajstić information content (AvgIpc) is 2.34. The van der Waals surface area contributed by atoms with E-state index in [-0.39, 0.29) is 0 Å². The van der Waals surface area contributed by atoms with Crippen LogP contribution in [0.5, 0.6) is 0 Å². The van der Waals surface area contributed by atoms with Crippen molar-refractivity contribution in [2.24, 2.45) is 65.1 Å². The van der Waals surface area contributed by atoms with Gasteiger partial charge in [0.15, 0.2) is 0 Å². The molecule has 0 saturated heterocycles. The van der Waals surface area contributed by atoms with Gasteiger partial charge in [-0.2, -0.15) is 0 Å². The maximum atomic E-state index is 2.59. The fourth-order valence-corrected chi connectivity index (χ4v) is 8.28. The molecule has 0 heteroatoms. The number of fused-ring (bicyclic) bond motifs is 2. The van der Waals surface area contributed by atoms with Crippen LogP contribution in [0, 0.1) is 65.1 Å². The van der Waals surface area contributed by atoms with Crippen molar-refractivity contribution in [3.63, 3.8) is 0 Å². The van der Waals surface area contributed by atoms with Crippen molar-refractivity contribution in [3.05, 3.63) is 0 Å². The minimum Gasteiger partial charge on any atom is -0.0622 e. The molecule has 0 amide bonds. The predicted octanol–water partition coefficient (Wildman–Crippen LogP) is 4.21. The van der Waals surface area contributed by atoms with Gasteiger partial charge < -0.3 is 0 Å². The Morgan fingerprint density at radius 3 is 1.78 bits per heavy atom. The Hall–Kier alpha value is 0. The zero-order valence-electron chi connectivity index (χ0n) is 11.6. The highest BCUT2D eigenvalue weighted by molar-refractivity contribution is 5.17. The van der Waals surface area contributed by atoms with Gasteiger partial charge in [0.2, 0.25) is 0 Å². The summed E-state index contributed by atoms with van der Waals surface area (Å²) in [5.41, 5.74) is 0. The predicted molar refractivity (Wildman–Crippen MR) is 71.8 cm³/mol. The Bertz CT molecular complexity index is 412. The molecule has 7 saturated carbocycles. The maximum Gasteiger partial charge on any atom is -0.0321 e. The second-order valence-electron chi connectivity index (χ2n) is 9.15.